The van der Waals surface area contributed by atoms with E-state index in [4.69, 9.17) is 0 Å². The lowest BCUT2D eigenvalue weighted by atomic mass is 10.3. The fourth-order valence-electron chi connectivity index (χ4n) is 0.759. The number of hydrogen-bond acceptors (Lipinski definition) is 1. The summed E-state index contributed by atoms with van der Waals surface area (Å²) in [4.78, 5) is 0. The first-order valence-corrected chi connectivity index (χ1v) is 5.52. The topological polar surface area (TPSA) is 43.0 Å². The Morgan fingerprint density at radius 3 is 2.36 bits per heavy atom. The second-order valence-corrected chi connectivity index (χ2v) is 5.01. The normalized spacial score (nSPS) is 13.9. The van der Waals surface area contributed by atoms with E-state index in [1.807, 2.05) is 13.8 Å². The molecule has 11 heavy (non-hydrogen) atoms. The Kier molecular flexibility index (Phi) is 7.12. The van der Waals surface area contributed by atoms with Gasteiger partial charge in [0.15, 0.2) is 0 Å². The summed E-state index contributed by atoms with van der Waals surface area (Å²) in [6.45, 7) is 3.93. The molecule has 0 aromatic carbocycles. The van der Waals surface area contributed by atoms with Crippen molar-refractivity contribution in [3.63, 3.8) is 0 Å². The summed E-state index contributed by atoms with van der Waals surface area (Å²) in [5, 5.41) is 10.3. The minimum absolute atomic E-state index is 0.00825. The monoisotopic (exact) mass is 177 g/mol. The SMILES string of the molecule is CC(C)[S+]([O-])CCCCC[O]. The van der Waals surface area contributed by atoms with Crippen molar-refractivity contribution in [2.45, 2.75) is 38.4 Å². The van der Waals surface area contributed by atoms with Gasteiger partial charge in [-0.3, -0.25) is 0 Å². The highest BCUT2D eigenvalue weighted by Crippen LogP contribution is 2.05. The predicted molar refractivity (Wildman–Crippen MR) is 47.5 cm³/mol. The van der Waals surface area contributed by atoms with Crippen molar-refractivity contribution in [2.24, 2.45) is 0 Å². The maximum atomic E-state index is 11.1. The van der Waals surface area contributed by atoms with Gasteiger partial charge in [-0.1, -0.05) is 11.2 Å². The fraction of sp³-hybridized carbons (Fsp3) is 1.00. The molecule has 0 spiro atoms. The van der Waals surface area contributed by atoms with Crippen LogP contribution < -0.4 is 0 Å². The van der Waals surface area contributed by atoms with E-state index in [1.165, 1.54) is 0 Å². The van der Waals surface area contributed by atoms with Gasteiger partial charge >= 0.3 is 0 Å². The summed E-state index contributed by atoms with van der Waals surface area (Å²) in [5.74, 6) is 0.762. The molecule has 1 unspecified atom stereocenters. The van der Waals surface area contributed by atoms with Gasteiger partial charge in [-0.2, -0.15) is 0 Å². The van der Waals surface area contributed by atoms with Crippen molar-refractivity contribution in [1.29, 1.82) is 0 Å². The van der Waals surface area contributed by atoms with Crippen LogP contribution in [0, 0.1) is 0 Å². The quantitative estimate of drug-likeness (QED) is 0.450. The zero-order chi connectivity index (χ0) is 8.69. The van der Waals surface area contributed by atoms with Crippen molar-refractivity contribution < 1.29 is 9.66 Å². The first-order valence-electron chi connectivity index (χ1n) is 4.13. The van der Waals surface area contributed by atoms with Crippen molar-refractivity contribution >= 4 is 11.2 Å². The number of hydrogen-bond donors (Lipinski definition) is 0. The first kappa shape index (κ1) is 11.3. The first-order chi connectivity index (χ1) is 5.18. The third kappa shape index (κ3) is 6.66. The van der Waals surface area contributed by atoms with Crippen molar-refractivity contribution in [1.82, 2.24) is 0 Å². The molecule has 0 N–H and O–H groups in total. The third-order valence-corrected chi connectivity index (χ3v) is 3.26. The largest absolute Gasteiger partial charge is 0.616 e. The molecule has 0 aliphatic carbocycles. The molecule has 0 aromatic rings. The summed E-state index contributed by atoms with van der Waals surface area (Å²) >= 11 is -0.677. The van der Waals surface area contributed by atoms with Crippen LogP contribution in [-0.4, -0.2) is 22.2 Å². The van der Waals surface area contributed by atoms with Gasteiger partial charge in [0.05, 0.1) is 6.61 Å². The van der Waals surface area contributed by atoms with Crippen molar-refractivity contribution in [3.05, 3.63) is 0 Å². The molecule has 0 aromatic heterocycles. The Morgan fingerprint density at radius 1 is 1.27 bits per heavy atom. The molecule has 1 atom stereocenters. The molecule has 67 valence electrons. The molecule has 0 aliphatic rings. The molecule has 1 radical (unpaired) electrons. The van der Waals surface area contributed by atoms with Gasteiger partial charge in [0.2, 0.25) is 0 Å². The molecular weight excluding hydrogens is 160 g/mol. The van der Waals surface area contributed by atoms with Crippen molar-refractivity contribution in [2.75, 3.05) is 12.4 Å². The summed E-state index contributed by atoms with van der Waals surface area (Å²) in [5.41, 5.74) is 0. The van der Waals surface area contributed by atoms with Gasteiger partial charge in [-0.15, -0.1) is 0 Å². The Morgan fingerprint density at radius 2 is 1.91 bits per heavy atom. The fourth-order valence-corrected chi connectivity index (χ4v) is 1.72. The third-order valence-electron chi connectivity index (χ3n) is 1.52. The Labute approximate surface area is 72.2 Å². The van der Waals surface area contributed by atoms with E-state index in [0.717, 1.165) is 25.0 Å². The van der Waals surface area contributed by atoms with E-state index in [1.54, 1.807) is 0 Å². The van der Waals surface area contributed by atoms with E-state index in [9.17, 15) is 9.66 Å². The van der Waals surface area contributed by atoms with Crippen LogP contribution in [0.2, 0.25) is 0 Å². The van der Waals surface area contributed by atoms with E-state index in [2.05, 4.69) is 0 Å². The second-order valence-electron chi connectivity index (χ2n) is 2.90. The molecule has 3 heteroatoms. The van der Waals surface area contributed by atoms with Crippen LogP contribution in [0.1, 0.15) is 33.1 Å². The lowest BCUT2D eigenvalue weighted by Crippen LogP contribution is -2.17. The minimum Gasteiger partial charge on any atom is -0.616 e. The molecule has 0 saturated carbocycles. The summed E-state index contributed by atoms with van der Waals surface area (Å²) in [6.07, 6.45) is 2.60. The molecule has 0 saturated heterocycles. The van der Waals surface area contributed by atoms with Crippen LogP contribution in [0.5, 0.6) is 0 Å². The van der Waals surface area contributed by atoms with Gasteiger partial charge in [-0.05, 0) is 33.1 Å². The van der Waals surface area contributed by atoms with E-state index in [0.29, 0.717) is 0 Å². The van der Waals surface area contributed by atoms with Crippen LogP contribution in [0.15, 0.2) is 0 Å². The van der Waals surface area contributed by atoms with Gasteiger partial charge < -0.3 is 4.55 Å². The second kappa shape index (κ2) is 6.95. The molecule has 0 fully saturated rings. The van der Waals surface area contributed by atoms with Crippen LogP contribution in [-0.2, 0) is 16.3 Å². The molecular formula is C8H17O2S. The summed E-state index contributed by atoms with van der Waals surface area (Å²) < 4.78 is 11.1. The minimum atomic E-state index is -0.677. The Bertz CT molecular complexity index is 86.2. The molecule has 0 rings (SSSR count). The number of rotatable bonds is 6. The van der Waals surface area contributed by atoms with Crippen LogP contribution in [0.3, 0.4) is 0 Å². The zero-order valence-corrected chi connectivity index (χ0v) is 8.15. The van der Waals surface area contributed by atoms with E-state index < -0.39 is 11.2 Å². The van der Waals surface area contributed by atoms with E-state index in [-0.39, 0.29) is 11.9 Å². The molecule has 2 nitrogen and oxygen atoms in total. The standard InChI is InChI=1S/C8H17O2S/c1-8(2)11(10)7-5-3-4-6-9/h8H,3-7H2,1-2H3. The van der Waals surface area contributed by atoms with E-state index >= 15 is 0 Å². The predicted octanol–water partition coefficient (Wildman–Crippen LogP) is 1.74. The maximum absolute atomic E-state index is 11.1. The van der Waals surface area contributed by atoms with Crippen LogP contribution in [0.25, 0.3) is 0 Å². The Balaban J connectivity index is 3.10. The van der Waals surface area contributed by atoms with Crippen LogP contribution in [0.4, 0.5) is 0 Å². The van der Waals surface area contributed by atoms with Crippen LogP contribution >= 0.6 is 0 Å². The summed E-state index contributed by atoms with van der Waals surface area (Å²) in [6, 6.07) is 0. The average molecular weight is 177 g/mol. The van der Waals surface area contributed by atoms with Gasteiger partial charge in [0.1, 0.15) is 11.0 Å². The highest BCUT2D eigenvalue weighted by molar-refractivity contribution is 7.91. The maximum Gasteiger partial charge on any atom is 0.110 e. The highest BCUT2D eigenvalue weighted by atomic mass is 32.2. The lowest BCUT2D eigenvalue weighted by Gasteiger charge is -2.13. The number of unbranched alkanes of at least 4 members (excludes halogenated alkanes) is 2. The Hall–Kier alpha value is 0.270. The van der Waals surface area contributed by atoms with Gasteiger partial charge in [0.25, 0.3) is 0 Å². The average Bonchev–Trinajstić information content (AvgIpc) is 1.97. The van der Waals surface area contributed by atoms with Crippen molar-refractivity contribution in [3.8, 4) is 0 Å². The molecule has 0 heterocycles. The highest BCUT2D eigenvalue weighted by Gasteiger charge is 2.09. The van der Waals surface area contributed by atoms with Gasteiger partial charge in [-0.25, -0.2) is 5.11 Å². The zero-order valence-electron chi connectivity index (χ0n) is 7.34. The molecule has 0 aliphatic heterocycles. The smallest absolute Gasteiger partial charge is 0.110 e. The molecule has 0 bridgehead atoms. The lowest BCUT2D eigenvalue weighted by molar-refractivity contribution is 0.186. The molecule has 0 amide bonds. The van der Waals surface area contributed by atoms with Gasteiger partial charge in [0, 0.05) is 0 Å². The summed E-state index contributed by atoms with van der Waals surface area (Å²) in [7, 11) is 0.